The summed E-state index contributed by atoms with van der Waals surface area (Å²) < 4.78 is 13.6. The van der Waals surface area contributed by atoms with Gasteiger partial charge in [-0.25, -0.2) is 14.4 Å². The lowest BCUT2D eigenvalue weighted by atomic mass is 9.82. The van der Waals surface area contributed by atoms with Crippen molar-refractivity contribution in [3.63, 3.8) is 0 Å². The van der Waals surface area contributed by atoms with Gasteiger partial charge in [0.15, 0.2) is 0 Å². The number of anilines is 1. The van der Waals surface area contributed by atoms with Gasteiger partial charge in [0.25, 0.3) is 0 Å². The van der Waals surface area contributed by atoms with Crippen LogP contribution in [-0.4, -0.2) is 34.8 Å². The first kappa shape index (κ1) is 13.0. The number of hydrogen-bond acceptors (Lipinski definition) is 4. The van der Waals surface area contributed by atoms with E-state index in [2.05, 4.69) is 14.9 Å². The molecule has 1 saturated heterocycles. The molecule has 110 valence electrons. The molecule has 0 bridgehead atoms. The molecule has 1 aromatic heterocycles. The van der Waals surface area contributed by atoms with Crippen molar-refractivity contribution in [1.82, 2.24) is 9.97 Å². The molecule has 0 spiro atoms. The van der Waals surface area contributed by atoms with Crippen LogP contribution in [0.25, 0.3) is 10.9 Å². The number of rotatable bonds is 2. The standard InChI is InChI=1S/C16H18FN3O/c17-12-3-4-14-13(6-12)15(19-10-18-14)20-7-11-2-1-5-16(11,8-20)9-21/h3-4,6,10-11,21H,1-2,5,7-9H2. The highest BCUT2D eigenvalue weighted by molar-refractivity contribution is 5.89. The highest BCUT2D eigenvalue weighted by Crippen LogP contribution is 2.49. The maximum Gasteiger partial charge on any atom is 0.140 e. The fraction of sp³-hybridized carbons (Fsp3) is 0.500. The molecule has 0 amide bonds. The molecule has 21 heavy (non-hydrogen) atoms. The van der Waals surface area contributed by atoms with Gasteiger partial charge in [-0.3, -0.25) is 0 Å². The highest BCUT2D eigenvalue weighted by Gasteiger charge is 2.49. The molecular formula is C16H18FN3O. The van der Waals surface area contributed by atoms with E-state index in [-0.39, 0.29) is 17.8 Å². The minimum atomic E-state index is -0.269. The maximum atomic E-state index is 13.6. The van der Waals surface area contributed by atoms with Gasteiger partial charge in [-0.05, 0) is 37.0 Å². The summed E-state index contributed by atoms with van der Waals surface area (Å²) in [5, 5.41) is 10.6. The van der Waals surface area contributed by atoms with Crippen molar-refractivity contribution < 1.29 is 9.50 Å². The Bertz CT molecular complexity index is 692. The van der Waals surface area contributed by atoms with Gasteiger partial charge in [0, 0.05) is 23.9 Å². The van der Waals surface area contributed by atoms with Crippen LogP contribution in [-0.2, 0) is 0 Å². The zero-order chi connectivity index (χ0) is 14.4. The molecule has 5 heteroatoms. The molecule has 0 radical (unpaired) electrons. The minimum Gasteiger partial charge on any atom is -0.396 e. The Kier molecular flexibility index (Phi) is 2.85. The largest absolute Gasteiger partial charge is 0.396 e. The Balaban J connectivity index is 1.76. The number of hydrogen-bond donors (Lipinski definition) is 1. The number of aliphatic hydroxyl groups excluding tert-OH is 1. The van der Waals surface area contributed by atoms with E-state index in [0.717, 1.165) is 42.7 Å². The van der Waals surface area contributed by atoms with Crippen molar-refractivity contribution in [2.45, 2.75) is 19.3 Å². The van der Waals surface area contributed by atoms with Crippen molar-refractivity contribution in [3.8, 4) is 0 Å². The number of aliphatic hydroxyl groups is 1. The van der Waals surface area contributed by atoms with E-state index in [0.29, 0.717) is 5.92 Å². The van der Waals surface area contributed by atoms with E-state index in [4.69, 9.17) is 0 Å². The fourth-order valence-electron chi connectivity index (χ4n) is 4.10. The lowest BCUT2D eigenvalue weighted by Crippen LogP contribution is -2.31. The van der Waals surface area contributed by atoms with E-state index < -0.39 is 0 Å². The maximum absolute atomic E-state index is 13.6. The van der Waals surface area contributed by atoms with E-state index >= 15 is 0 Å². The zero-order valence-electron chi connectivity index (χ0n) is 11.8. The Morgan fingerprint density at radius 2 is 2.29 bits per heavy atom. The minimum absolute atomic E-state index is 0.00456. The normalized spacial score (nSPS) is 28.3. The molecular weight excluding hydrogens is 269 g/mol. The van der Waals surface area contributed by atoms with Crippen molar-refractivity contribution in [1.29, 1.82) is 0 Å². The number of fused-ring (bicyclic) bond motifs is 2. The lowest BCUT2D eigenvalue weighted by molar-refractivity contribution is 0.121. The average molecular weight is 287 g/mol. The molecule has 1 aliphatic carbocycles. The van der Waals surface area contributed by atoms with Gasteiger partial charge in [0.05, 0.1) is 12.1 Å². The summed E-state index contributed by atoms with van der Waals surface area (Å²) in [6, 6.07) is 4.62. The van der Waals surface area contributed by atoms with Crippen LogP contribution in [0.4, 0.5) is 10.2 Å². The van der Waals surface area contributed by atoms with Crippen LogP contribution >= 0.6 is 0 Å². The quantitative estimate of drug-likeness (QED) is 0.921. The number of halogens is 1. The van der Waals surface area contributed by atoms with Gasteiger partial charge in [-0.15, -0.1) is 0 Å². The van der Waals surface area contributed by atoms with Crippen molar-refractivity contribution in [2.24, 2.45) is 11.3 Å². The van der Waals surface area contributed by atoms with E-state index in [9.17, 15) is 9.50 Å². The molecule has 1 aliphatic heterocycles. The van der Waals surface area contributed by atoms with Crippen LogP contribution in [0, 0.1) is 17.2 Å². The third-order valence-corrected chi connectivity index (χ3v) is 5.23. The van der Waals surface area contributed by atoms with Crippen LogP contribution in [0.5, 0.6) is 0 Å². The topological polar surface area (TPSA) is 49.2 Å². The first-order valence-corrected chi connectivity index (χ1v) is 7.48. The Hall–Kier alpha value is -1.75. The van der Waals surface area contributed by atoms with Crippen LogP contribution in [0.2, 0.25) is 0 Å². The van der Waals surface area contributed by atoms with Gasteiger partial charge in [-0.1, -0.05) is 6.42 Å². The fourth-order valence-corrected chi connectivity index (χ4v) is 4.10. The molecule has 2 unspecified atom stereocenters. The van der Waals surface area contributed by atoms with Gasteiger partial charge in [0.1, 0.15) is 18.0 Å². The Morgan fingerprint density at radius 3 is 3.10 bits per heavy atom. The smallest absolute Gasteiger partial charge is 0.140 e. The third-order valence-electron chi connectivity index (χ3n) is 5.23. The molecule has 2 atom stereocenters. The summed E-state index contributed by atoms with van der Waals surface area (Å²) in [5.41, 5.74) is 0.765. The van der Waals surface area contributed by atoms with E-state index in [1.807, 2.05) is 0 Å². The van der Waals surface area contributed by atoms with Gasteiger partial charge in [0.2, 0.25) is 0 Å². The third kappa shape index (κ3) is 1.91. The molecule has 4 nitrogen and oxygen atoms in total. The Labute approximate surface area is 122 Å². The first-order chi connectivity index (χ1) is 10.2. The summed E-state index contributed by atoms with van der Waals surface area (Å²) in [6.45, 7) is 1.92. The SMILES string of the molecule is OCC12CCCC1CN(c1ncnc3ccc(F)cc13)C2. The van der Waals surface area contributed by atoms with E-state index in [1.54, 1.807) is 6.07 Å². The second-order valence-electron chi connectivity index (χ2n) is 6.35. The molecule has 2 heterocycles. The predicted octanol–water partition coefficient (Wildman–Crippen LogP) is 2.37. The number of nitrogens with zero attached hydrogens (tertiary/aromatic N) is 3. The summed E-state index contributed by atoms with van der Waals surface area (Å²) in [6.07, 6.45) is 4.96. The average Bonchev–Trinajstić information content (AvgIpc) is 3.03. The monoisotopic (exact) mass is 287 g/mol. The van der Waals surface area contributed by atoms with Gasteiger partial charge < -0.3 is 10.0 Å². The molecule has 2 aliphatic rings. The van der Waals surface area contributed by atoms with Crippen LogP contribution < -0.4 is 4.90 Å². The molecule has 4 rings (SSSR count). The zero-order valence-corrected chi connectivity index (χ0v) is 11.8. The van der Waals surface area contributed by atoms with Crippen LogP contribution in [0.15, 0.2) is 24.5 Å². The van der Waals surface area contributed by atoms with Gasteiger partial charge >= 0.3 is 0 Å². The second kappa shape index (κ2) is 4.63. The summed E-state index contributed by atoms with van der Waals surface area (Å²) in [4.78, 5) is 10.8. The lowest BCUT2D eigenvalue weighted by Gasteiger charge is -2.26. The summed E-state index contributed by atoms with van der Waals surface area (Å²) >= 11 is 0. The second-order valence-corrected chi connectivity index (χ2v) is 6.35. The van der Waals surface area contributed by atoms with Crippen LogP contribution in [0.3, 0.4) is 0 Å². The van der Waals surface area contributed by atoms with E-state index in [1.165, 1.54) is 24.9 Å². The molecule has 1 N–H and O–H groups in total. The van der Waals surface area contributed by atoms with Crippen molar-refractivity contribution >= 4 is 16.7 Å². The molecule has 1 aromatic carbocycles. The predicted molar refractivity (Wildman–Crippen MR) is 78.6 cm³/mol. The number of benzene rings is 1. The van der Waals surface area contributed by atoms with Crippen LogP contribution in [0.1, 0.15) is 19.3 Å². The summed E-state index contributed by atoms with van der Waals surface area (Å²) in [5.74, 6) is 1.04. The molecule has 2 fully saturated rings. The first-order valence-electron chi connectivity index (χ1n) is 7.48. The van der Waals surface area contributed by atoms with Gasteiger partial charge in [-0.2, -0.15) is 0 Å². The van der Waals surface area contributed by atoms with Crippen molar-refractivity contribution in [3.05, 3.63) is 30.3 Å². The highest BCUT2D eigenvalue weighted by atomic mass is 19.1. The Morgan fingerprint density at radius 1 is 1.38 bits per heavy atom. The molecule has 2 aromatic rings. The number of aromatic nitrogens is 2. The van der Waals surface area contributed by atoms with Crippen molar-refractivity contribution in [2.75, 3.05) is 24.6 Å². The molecule has 1 saturated carbocycles. The summed E-state index contributed by atoms with van der Waals surface area (Å²) in [7, 11) is 0.